The van der Waals surface area contributed by atoms with E-state index in [1.165, 1.54) is 44.5 Å². The van der Waals surface area contributed by atoms with Gasteiger partial charge in [-0.3, -0.25) is 43.3 Å². The van der Waals surface area contributed by atoms with Crippen molar-refractivity contribution in [3.63, 3.8) is 0 Å². The fourth-order valence-electron chi connectivity index (χ4n) is 8.85. The average Bonchev–Trinajstić information content (AvgIpc) is 2.75. The topological polar surface area (TPSA) is 497 Å². The quantitative estimate of drug-likeness (QED) is 0.0150. The molecule has 0 spiro atoms. The highest BCUT2D eigenvalue weighted by Crippen LogP contribution is 2.53. The summed E-state index contributed by atoms with van der Waals surface area (Å²) >= 11 is 0. The number of aromatic nitrogens is 4. The number of hydrogen-bond donors (Lipinski definition) is 14. The van der Waals surface area contributed by atoms with Gasteiger partial charge in [-0.25, -0.2) is 24.4 Å². The lowest BCUT2D eigenvalue weighted by atomic mass is 9.88. The van der Waals surface area contributed by atoms with Gasteiger partial charge in [-0.15, -0.1) is 0 Å². The Morgan fingerprint density at radius 2 is 1.63 bits per heavy atom. The Morgan fingerprint density at radius 3 is 2.29 bits per heavy atom. The molecule has 5 heterocycles. The molecule has 1 aliphatic carbocycles. The number of piperazine rings is 1. The summed E-state index contributed by atoms with van der Waals surface area (Å²) in [5, 5.41) is 47.3. The van der Waals surface area contributed by atoms with E-state index < -0.39 is 127 Å². The van der Waals surface area contributed by atoms with Gasteiger partial charge < -0.3 is 84.1 Å². The summed E-state index contributed by atoms with van der Waals surface area (Å²) in [5.74, 6) is -9.55. The molecule has 0 saturated carbocycles. The van der Waals surface area contributed by atoms with Crippen LogP contribution in [0.3, 0.4) is 0 Å². The molecule has 3 aliphatic heterocycles. The van der Waals surface area contributed by atoms with Crippen molar-refractivity contribution in [2.45, 2.75) is 80.8 Å². The third-order valence-corrected chi connectivity index (χ3v) is 15.1. The van der Waals surface area contributed by atoms with E-state index >= 15 is 0 Å². The number of nitrogens with zero attached hydrogens (tertiary/aromatic N) is 4. The Labute approximate surface area is 447 Å². The van der Waals surface area contributed by atoms with Crippen LogP contribution in [0.25, 0.3) is 11.2 Å². The fourth-order valence-corrected chi connectivity index (χ4v) is 10.9. The van der Waals surface area contributed by atoms with E-state index in [0.29, 0.717) is 17.9 Å². The van der Waals surface area contributed by atoms with Crippen molar-refractivity contribution in [3.05, 3.63) is 74.6 Å². The molecule has 0 radical (unpaired) electrons. The van der Waals surface area contributed by atoms with E-state index in [2.05, 4.69) is 57.2 Å². The zero-order chi connectivity index (χ0) is 56.7. The molecular formula is C45H53N15O16S2. The van der Waals surface area contributed by atoms with Crippen LogP contribution in [-0.4, -0.2) is 186 Å². The van der Waals surface area contributed by atoms with E-state index in [9.17, 15) is 68.1 Å². The number of benzene rings is 1. The van der Waals surface area contributed by atoms with Gasteiger partial charge in [0, 0.05) is 67.5 Å². The van der Waals surface area contributed by atoms with Crippen LogP contribution < -0.4 is 60.0 Å². The van der Waals surface area contributed by atoms with Gasteiger partial charge in [-0.05, 0) is 37.6 Å². The molecule has 2 fully saturated rings. The minimum absolute atomic E-state index is 0.00973. The second-order valence-electron chi connectivity index (χ2n) is 17.9. The fraction of sp³-hybridized carbons (Fsp3) is 0.422. The molecule has 33 heteroatoms. The second-order valence-corrected chi connectivity index (χ2v) is 20.5. The standard InChI is InChI=1S/C45H53N15O16S2/c1-17-29(33(65)28-31(32(17)64)60-15-24-34(54-24)45(60,75-2)35(28)76-44(48)74)49-9-10-77-78-16-25(42(72)73)57-39(68)23(11-27(62)63)56-38(67)21(46)14-51-26(61)8-7-22(41(70)71)55-37(66)18-3-5-19(6-4-18)50-12-20-13-52-36-30(53-20)40(69)59-43(47)58-36/h3-6,13,21-25,34-35,49-50,54H,7-12,14-16,46H2,1-2H3,(H2,48,74)(H,51,61)(H,55,66)(H,56,67)(H,57,68)(H,62,63)(H,70,71)(H,72,73)(H3,47,52,58,59,69)/t21-,22+,23-,24-,25-,34-,35?,45-/m0/s1. The highest BCUT2D eigenvalue weighted by atomic mass is 33.1. The Kier molecular flexibility index (Phi) is 17.8. The average molecular weight is 1120 g/mol. The number of methoxy groups -OCH3 is 1. The molecule has 8 atom stereocenters. The number of nitrogens with two attached hydrogens (primary N) is 3. The first-order valence-electron chi connectivity index (χ1n) is 23.6. The number of hydrogen-bond acceptors (Lipinski definition) is 24. The molecule has 416 valence electrons. The lowest BCUT2D eigenvalue weighted by molar-refractivity contribution is -0.151. The minimum Gasteiger partial charge on any atom is -0.481 e. The number of anilines is 2. The number of aromatic amines is 1. The van der Waals surface area contributed by atoms with Crippen molar-refractivity contribution in [2.75, 3.05) is 49.3 Å². The molecule has 2 aromatic heterocycles. The number of carbonyl (C=O) groups is 10. The number of Topliss-reactive ketones (excluding diaryl/α,β-unsaturated/α-hetero) is 2. The third kappa shape index (κ3) is 12.7. The molecule has 1 aromatic carbocycles. The van der Waals surface area contributed by atoms with Gasteiger partial charge in [-0.2, -0.15) is 4.98 Å². The summed E-state index contributed by atoms with van der Waals surface area (Å²) < 4.78 is 11.3. The molecule has 7 rings (SSSR count). The number of H-pyrrole nitrogens is 1. The molecule has 78 heavy (non-hydrogen) atoms. The number of carboxylic acid groups (broad SMARTS) is 3. The van der Waals surface area contributed by atoms with Crippen molar-refractivity contribution in [1.82, 2.24) is 56.7 Å². The summed E-state index contributed by atoms with van der Waals surface area (Å²) in [6.07, 6.45) is -2.92. The predicted molar refractivity (Wildman–Crippen MR) is 273 cm³/mol. The molecule has 5 amide bonds. The number of carboxylic acids is 3. The monoisotopic (exact) mass is 1120 g/mol. The number of nitrogen functional groups attached to an aromatic ring is 1. The molecule has 1 unspecified atom stereocenters. The molecular weight excluding hydrogens is 1070 g/mol. The molecule has 31 nitrogen and oxygen atoms in total. The SMILES string of the molecule is CO[C@@]12C(OC(N)=O)C3=C(C(=O)C(C)=C(NCCSSC[C@H](NC(=O)[C@H](CC(=O)O)NC(=O)[C@@H](N)CNC(=O)CC[C@@H](NC(=O)c4ccc(NCc5cnc6nc(N)[nH]c(=O)c6n5)cc4)C(=O)O)C(=O)O)C3=O)N1C[C@@H]1N[C@@H]12. The van der Waals surface area contributed by atoms with Crippen LogP contribution in [-0.2, 0) is 54.4 Å². The zero-order valence-electron chi connectivity index (χ0n) is 41.3. The summed E-state index contributed by atoms with van der Waals surface area (Å²) in [6.45, 7) is 1.45. The van der Waals surface area contributed by atoms with E-state index in [-0.39, 0.29) is 81.9 Å². The Morgan fingerprint density at radius 1 is 0.923 bits per heavy atom. The smallest absolute Gasteiger partial charge is 0.405 e. The maximum absolute atomic E-state index is 13.9. The number of amides is 5. The number of rotatable bonds is 27. The highest BCUT2D eigenvalue weighted by Gasteiger charge is 2.74. The normalized spacial score (nSPS) is 20.6. The number of allylic oxidation sites excluding steroid dienone is 2. The first-order valence-corrected chi connectivity index (χ1v) is 26.1. The van der Waals surface area contributed by atoms with Crippen LogP contribution in [0, 0.1) is 0 Å². The Bertz CT molecular complexity index is 3090. The molecule has 4 aliphatic rings. The van der Waals surface area contributed by atoms with Crippen molar-refractivity contribution >= 4 is 104 Å². The maximum Gasteiger partial charge on any atom is 0.405 e. The number of ether oxygens (including phenoxy) is 2. The number of ketones is 2. The summed E-state index contributed by atoms with van der Waals surface area (Å²) in [7, 11) is 3.50. The Hall–Kier alpha value is -8.40. The third-order valence-electron chi connectivity index (χ3n) is 12.7. The molecule has 2 saturated heterocycles. The largest absolute Gasteiger partial charge is 0.481 e. The van der Waals surface area contributed by atoms with E-state index in [1.54, 1.807) is 4.90 Å². The first-order chi connectivity index (χ1) is 37.0. The zero-order valence-corrected chi connectivity index (χ0v) is 42.9. The first kappa shape index (κ1) is 57.3. The van der Waals surface area contributed by atoms with Crippen molar-refractivity contribution in [3.8, 4) is 0 Å². The molecule has 17 N–H and O–H groups in total. The van der Waals surface area contributed by atoms with Crippen molar-refractivity contribution in [2.24, 2.45) is 11.5 Å². The van der Waals surface area contributed by atoms with Crippen LogP contribution in [0.15, 0.2) is 57.8 Å². The van der Waals surface area contributed by atoms with Crippen LogP contribution in [0.5, 0.6) is 0 Å². The van der Waals surface area contributed by atoms with Gasteiger partial charge in [-0.1, -0.05) is 21.6 Å². The summed E-state index contributed by atoms with van der Waals surface area (Å²) in [4.78, 5) is 156. The molecule has 3 aromatic rings. The van der Waals surface area contributed by atoms with Gasteiger partial charge in [0.25, 0.3) is 11.5 Å². The summed E-state index contributed by atoms with van der Waals surface area (Å²) in [5.41, 5.74) is 16.0. The van der Waals surface area contributed by atoms with Crippen LogP contribution in [0.4, 0.5) is 16.4 Å². The highest BCUT2D eigenvalue weighted by molar-refractivity contribution is 8.76. The van der Waals surface area contributed by atoms with Crippen LogP contribution >= 0.6 is 21.6 Å². The second kappa shape index (κ2) is 24.3. The Balaban J connectivity index is 0.820. The predicted octanol–water partition coefficient (Wildman–Crippen LogP) is -4.03. The van der Waals surface area contributed by atoms with E-state index in [1.807, 2.05) is 0 Å². The van der Waals surface area contributed by atoms with E-state index in [0.717, 1.165) is 21.6 Å². The number of nitrogens with one attached hydrogen (secondary N) is 8. The van der Waals surface area contributed by atoms with Crippen molar-refractivity contribution < 1.29 is 72.7 Å². The number of aliphatic carboxylic acids is 3. The number of fused-ring (bicyclic) bond motifs is 5. The van der Waals surface area contributed by atoms with Crippen LogP contribution in [0.1, 0.15) is 42.2 Å². The maximum atomic E-state index is 13.9. The lowest BCUT2D eigenvalue weighted by Gasteiger charge is -2.38. The van der Waals surface area contributed by atoms with Gasteiger partial charge in [0.05, 0.1) is 47.9 Å². The van der Waals surface area contributed by atoms with Gasteiger partial charge >= 0.3 is 24.0 Å². The van der Waals surface area contributed by atoms with Crippen LogP contribution in [0.2, 0.25) is 0 Å². The van der Waals surface area contributed by atoms with Gasteiger partial charge in [0.1, 0.15) is 24.2 Å². The van der Waals surface area contributed by atoms with Gasteiger partial charge in [0.15, 0.2) is 23.0 Å². The molecule has 0 bridgehead atoms. The minimum atomic E-state index is -1.82. The van der Waals surface area contributed by atoms with Crippen molar-refractivity contribution in [1.29, 1.82) is 0 Å². The van der Waals surface area contributed by atoms with E-state index in [4.69, 9.17) is 26.7 Å². The summed E-state index contributed by atoms with van der Waals surface area (Å²) in [6, 6.07) is -1.02. The number of carbonyl (C=O) groups excluding carboxylic acids is 7. The number of primary amides is 1. The van der Waals surface area contributed by atoms with Gasteiger partial charge in [0.2, 0.25) is 35.2 Å². The lowest BCUT2D eigenvalue weighted by Crippen LogP contribution is -2.58.